The Morgan fingerprint density at radius 2 is 2.08 bits per heavy atom. The van der Waals surface area contributed by atoms with Gasteiger partial charge in [0.15, 0.2) is 0 Å². The summed E-state index contributed by atoms with van der Waals surface area (Å²) in [6, 6.07) is -0.829. The molecule has 0 aromatic carbocycles. The second-order valence-electron chi connectivity index (χ2n) is 2.03. The highest BCUT2D eigenvalue weighted by Crippen LogP contribution is 2.33. The summed E-state index contributed by atoms with van der Waals surface area (Å²) in [6.45, 7) is 0. The summed E-state index contributed by atoms with van der Waals surface area (Å²) in [5.41, 5.74) is 3.54. The fourth-order valence-electron chi connectivity index (χ4n) is 0.674. The van der Waals surface area contributed by atoms with E-state index in [9.17, 15) is 18.0 Å². The highest BCUT2D eigenvalue weighted by atomic mass is 19.4. The van der Waals surface area contributed by atoms with Gasteiger partial charge in [-0.05, 0) is 0 Å². The quantitative estimate of drug-likeness (QED) is 0.698. The van der Waals surface area contributed by atoms with Crippen molar-refractivity contribution in [2.45, 2.75) is 6.18 Å². The van der Waals surface area contributed by atoms with Gasteiger partial charge in [0.1, 0.15) is 0 Å². The van der Waals surface area contributed by atoms with E-state index >= 15 is 0 Å². The molecule has 0 aliphatic carbocycles. The Kier molecular flexibility index (Phi) is 1.90. The number of alkyl halides is 3. The summed E-state index contributed by atoms with van der Waals surface area (Å²) in [5.74, 6) is -3.54. The van der Waals surface area contributed by atoms with Crippen LogP contribution in [0.5, 0.6) is 0 Å². The van der Waals surface area contributed by atoms with Crippen molar-refractivity contribution in [2.24, 2.45) is 0 Å². The lowest BCUT2D eigenvalue weighted by molar-refractivity contribution is -0.153. The number of aromatic nitrogens is 1. The highest BCUT2D eigenvalue weighted by molar-refractivity contribution is 5.87. The van der Waals surface area contributed by atoms with Crippen molar-refractivity contribution in [1.82, 2.24) is 4.98 Å². The molecule has 0 spiro atoms. The number of halogens is 3. The van der Waals surface area contributed by atoms with E-state index < -0.39 is 29.6 Å². The van der Waals surface area contributed by atoms with E-state index in [0.29, 0.717) is 0 Å². The molecule has 0 fully saturated rings. The van der Waals surface area contributed by atoms with Gasteiger partial charge in [0.2, 0.25) is 11.5 Å². The highest BCUT2D eigenvalue weighted by Gasteiger charge is 2.41. The minimum Gasteiger partial charge on any atom is -0.476 e. The molecule has 0 bridgehead atoms. The lowest BCUT2D eigenvalue weighted by atomic mass is 10.3. The first kappa shape index (κ1) is 9.36. The van der Waals surface area contributed by atoms with E-state index in [1.54, 1.807) is 0 Å². The Hall–Kier alpha value is -1.73. The van der Waals surface area contributed by atoms with Crippen LogP contribution in [0.15, 0.2) is 4.42 Å². The van der Waals surface area contributed by atoms with Gasteiger partial charge in [0.05, 0.1) is 0 Å². The van der Waals surface area contributed by atoms with Crippen molar-refractivity contribution in [1.29, 1.82) is 0 Å². The molecule has 0 amide bonds. The van der Waals surface area contributed by atoms with Crippen molar-refractivity contribution in [2.75, 3.05) is 5.73 Å². The molecule has 13 heavy (non-hydrogen) atoms. The van der Waals surface area contributed by atoms with Crippen LogP contribution >= 0.6 is 0 Å². The number of anilines is 1. The molecule has 0 saturated heterocycles. The third kappa shape index (κ3) is 1.71. The smallest absolute Gasteiger partial charge is 0.452 e. The Balaban J connectivity index is 3.28. The van der Waals surface area contributed by atoms with Crippen LogP contribution in [-0.4, -0.2) is 16.1 Å². The maximum Gasteiger partial charge on any atom is 0.452 e. The molecule has 0 radical (unpaired) electrons. The SMILES string of the molecule is Nc1nc(C(=O)O)c(C(F)(F)F)o1. The lowest BCUT2D eigenvalue weighted by Gasteiger charge is -2.00. The number of rotatable bonds is 1. The van der Waals surface area contributed by atoms with Gasteiger partial charge in [-0.15, -0.1) is 0 Å². The molecule has 0 atom stereocenters. The van der Waals surface area contributed by atoms with Crippen LogP contribution in [0.3, 0.4) is 0 Å². The van der Waals surface area contributed by atoms with E-state index in [1.165, 1.54) is 0 Å². The summed E-state index contributed by atoms with van der Waals surface area (Å²) < 4.78 is 39.8. The first-order chi connectivity index (χ1) is 5.82. The molecular weight excluding hydrogens is 193 g/mol. The Bertz CT molecular complexity index is 343. The predicted molar refractivity (Wildman–Crippen MR) is 32.9 cm³/mol. The molecule has 1 rings (SSSR count). The number of carbonyl (C=O) groups is 1. The van der Waals surface area contributed by atoms with Gasteiger partial charge in [0.25, 0.3) is 6.01 Å². The second kappa shape index (κ2) is 2.64. The van der Waals surface area contributed by atoms with Crippen LogP contribution in [0.25, 0.3) is 0 Å². The number of aromatic carboxylic acids is 1. The summed E-state index contributed by atoms with van der Waals surface area (Å²) in [6.07, 6.45) is -4.90. The first-order valence-electron chi connectivity index (χ1n) is 2.89. The monoisotopic (exact) mass is 196 g/mol. The van der Waals surface area contributed by atoms with Gasteiger partial charge in [0, 0.05) is 0 Å². The maximum atomic E-state index is 12.0. The molecule has 1 aromatic heterocycles. The number of oxazole rings is 1. The van der Waals surface area contributed by atoms with Gasteiger partial charge in [-0.3, -0.25) is 0 Å². The van der Waals surface area contributed by atoms with Crippen molar-refractivity contribution >= 4 is 12.0 Å². The van der Waals surface area contributed by atoms with Crippen LogP contribution in [0.4, 0.5) is 19.2 Å². The molecule has 8 heteroatoms. The standard InChI is InChI=1S/C5H3F3N2O3/c6-5(7,8)2-1(3(11)12)10-4(9)13-2/h(H2,9,10)(H,11,12). The second-order valence-corrected chi connectivity index (χ2v) is 2.03. The normalized spacial score (nSPS) is 11.6. The van der Waals surface area contributed by atoms with Gasteiger partial charge < -0.3 is 15.3 Å². The third-order valence-corrected chi connectivity index (χ3v) is 1.10. The molecule has 72 valence electrons. The Morgan fingerprint density at radius 3 is 2.38 bits per heavy atom. The van der Waals surface area contributed by atoms with Crippen LogP contribution in [0.1, 0.15) is 16.2 Å². The van der Waals surface area contributed by atoms with Crippen LogP contribution in [0, 0.1) is 0 Å². The summed E-state index contributed by atoms with van der Waals surface area (Å²) >= 11 is 0. The molecular formula is C5H3F3N2O3. The van der Waals surface area contributed by atoms with E-state index in [-0.39, 0.29) is 0 Å². The minimum atomic E-state index is -4.90. The van der Waals surface area contributed by atoms with Crippen LogP contribution < -0.4 is 5.73 Å². The van der Waals surface area contributed by atoms with Gasteiger partial charge in [-0.25, -0.2) is 4.79 Å². The number of nitrogens with two attached hydrogens (primary N) is 1. The van der Waals surface area contributed by atoms with Gasteiger partial charge in [-0.1, -0.05) is 0 Å². The number of nitrogen functional groups attached to an aromatic ring is 1. The summed E-state index contributed by atoms with van der Waals surface area (Å²) in [7, 11) is 0. The first-order valence-corrected chi connectivity index (χ1v) is 2.89. The average molecular weight is 196 g/mol. The van der Waals surface area contributed by atoms with Crippen molar-refractivity contribution in [3.63, 3.8) is 0 Å². The Morgan fingerprint density at radius 1 is 1.54 bits per heavy atom. The van der Waals surface area contributed by atoms with Crippen LogP contribution in [0.2, 0.25) is 0 Å². The molecule has 5 nitrogen and oxygen atoms in total. The summed E-state index contributed by atoms with van der Waals surface area (Å²) in [5, 5.41) is 8.26. The largest absolute Gasteiger partial charge is 0.476 e. The fourth-order valence-corrected chi connectivity index (χ4v) is 0.674. The zero-order valence-corrected chi connectivity index (χ0v) is 5.92. The predicted octanol–water partition coefficient (Wildman–Crippen LogP) is 0.974. The van der Waals surface area contributed by atoms with E-state index in [0.717, 1.165) is 0 Å². The van der Waals surface area contributed by atoms with Gasteiger partial charge >= 0.3 is 12.1 Å². The maximum absolute atomic E-state index is 12.0. The number of hydrogen-bond donors (Lipinski definition) is 2. The molecule has 0 aliphatic rings. The van der Waals surface area contributed by atoms with Crippen molar-refractivity contribution in [3.8, 4) is 0 Å². The average Bonchev–Trinajstić information content (AvgIpc) is 2.29. The number of hydrogen-bond acceptors (Lipinski definition) is 4. The topological polar surface area (TPSA) is 89.3 Å². The zero-order chi connectivity index (χ0) is 10.2. The molecule has 0 unspecified atom stereocenters. The fraction of sp³-hybridized carbons (Fsp3) is 0.200. The van der Waals surface area contributed by atoms with Crippen LogP contribution in [-0.2, 0) is 6.18 Å². The third-order valence-electron chi connectivity index (χ3n) is 1.10. The zero-order valence-electron chi connectivity index (χ0n) is 5.92. The van der Waals surface area contributed by atoms with E-state index in [2.05, 4.69) is 9.40 Å². The summed E-state index contributed by atoms with van der Waals surface area (Å²) in [4.78, 5) is 13.1. The number of nitrogens with zero attached hydrogens (tertiary/aromatic N) is 1. The van der Waals surface area contributed by atoms with Crippen molar-refractivity contribution in [3.05, 3.63) is 11.5 Å². The lowest BCUT2D eigenvalue weighted by Crippen LogP contribution is -2.10. The van der Waals surface area contributed by atoms with Crippen molar-refractivity contribution < 1.29 is 27.5 Å². The van der Waals surface area contributed by atoms with E-state index in [4.69, 9.17) is 10.8 Å². The number of carboxylic acid groups (broad SMARTS) is 1. The molecule has 0 saturated carbocycles. The molecule has 1 aromatic rings. The minimum absolute atomic E-state index is 0.829. The molecule has 1 heterocycles. The number of carboxylic acids is 1. The Labute approximate surface area is 69.0 Å². The molecule has 0 aliphatic heterocycles. The van der Waals surface area contributed by atoms with E-state index in [1.807, 2.05) is 0 Å². The van der Waals surface area contributed by atoms with Gasteiger partial charge in [-0.2, -0.15) is 18.2 Å². The molecule has 3 N–H and O–H groups in total.